The maximum atomic E-state index is 13.4. The van der Waals surface area contributed by atoms with Crippen LogP contribution in [0.1, 0.15) is 43.7 Å². The molecule has 1 atom stereocenters. The largest absolute Gasteiger partial charge is 0.379 e. The fourth-order valence-corrected chi connectivity index (χ4v) is 6.17. The number of anilines is 1. The zero-order valence-corrected chi connectivity index (χ0v) is 21.9. The second-order valence-electron chi connectivity index (χ2n) is 9.88. The summed E-state index contributed by atoms with van der Waals surface area (Å²) in [5.74, 6) is 1.07. The number of H-pyrrole nitrogens is 1. The number of allylic oxidation sites excluding steroid dienone is 2. The molecular weight excluding hydrogens is 516 g/mol. The van der Waals surface area contributed by atoms with Crippen LogP contribution in [0.3, 0.4) is 0 Å². The van der Waals surface area contributed by atoms with Gasteiger partial charge in [-0.1, -0.05) is 53.7 Å². The van der Waals surface area contributed by atoms with E-state index in [0.29, 0.717) is 28.5 Å². The van der Waals surface area contributed by atoms with Gasteiger partial charge in [0.1, 0.15) is 5.82 Å². The highest BCUT2D eigenvalue weighted by Gasteiger charge is 2.42. The highest BCUT2D eigenvalue weighted by molar-refractivity contribution is 9.10. The molecule has 0 saturated carbocycles. The van der Waals surface area contributed by atoms with Gasteiger partial charge in [0.15, 0.2) is 10.9 Å². The van der Waals surface area contributed by atoms with Crippen molar-refractivity contribution < 1.29 is 9.53 Å². The lowest BCUT2D eigenvalue weighted by molar-refractivity contribution is -0.118. The number of carbonyl (C=O) groups is 1. The Hall–Kier alpha value is -1.94. The van der Waals surface area contributed by atoms with Crippen molar-refractivity contribution in [1.29, 1.82) is 0 Å². The van der Waals surface area contributed by atoms with Crippen LogP contribution in [-0.2, 0) is 9.53 Å². The van der Waals surface area contributed by atoms with E-state index in [2.05, 4.69) is 45.0 Å². The Morgan fingerprint density at radius 1 is 1.18 bits per heavy atom. The summed E-state index contributed by atoms with van der Waals surface area (Å²) in [5, 5.41) is 4.00. The standard InChI is InChI=1S/C25H29BrN4O3S/c1-25(2)13-17-20(18(31)14-25)19(15-3-5-16(26)6-4-15)21-22(27-17)28-24(29-23(21)32)34-12-9-30-7-10-33-11-8-30/h3-6,19H,7-14H2,1-2H3,(H2,27,28,29,32). The molecule has 1 saturated heterocycles. The number of Topliss-reactive ketones (excluding diaryl/α,β-unsaturated/α-hetero) is 1. The number of aromatic amines is 1. The molecule has 2 aliphatic heterocycles. The quantitative estimate of drug-likeness (QED) is 0.431. The van der Waals surface area contributed by atoms with Crippen molar-refractivity contribution in [3.05, 3.63) is 61.5 Å². The monoisotopic (exact) mass is 544 g/mol. The van der Waals surface area contributed by atoms with Gasteiger partial charge in [0.2, 0.25) is 0 Å². The van der Waals surface area contributed by atoms with Crippen LogP contribution in [0.15, 0.2) is 50.0 Å². The number of ether oxygens (including phenoxy) is 1. The van der Waals surface area contributed by atoms with Crippen LogP contribution in [0.4, 0.5) is 5.82 Å². The normalized spacial score (nSPS) is 22.2. The van der Waals surface area contributed by atoms with Crippen LogP contribution >= 0.6 is 27.7 Å². The van der Waals surface area contributed by atoms with E-state index in [1.165, 1.54) is 0 Å². The van der Waals surface area contributed by atoms with E-state index in [0.717, 1.165) is 60.8 Å². The molecule has 1 unspecified atom stereocenters. The van der Waals surface area contributed by atoms with Gasteiger partial charge in [-0.2, -0.15) is 0 Å². The predicted octanol–water partition coefficient (Wildman–Crippen LogP) is 4.16. The minimum atomic E-state index is -0.424. The van der Waals surface area contributed by atoms with Gasteiger partial charge in [0.05, 0.1) is 18.8 Å². The van der Waals surface area contributed by atoms with E-state index in [4.69, 9.17) is 9.72 Å². The first-order valence-electron chi connectivity index (χ1n) is 11.7. The van der Waals surface area contributed by atoms with E-state index < -0.39 is 5.92 Å². The average Bonchev–Trinajstić information content (AvgIpc) is 2.78. The van der Waals surface area contributed by atoms with E-state index in [-0.39, 0.29) is 16.8 Å². The van der Waals surface area contributed by atoms with Crippen molar-refractivity contribution in [1.82, 2.24) is 14.9 Å². The molecule has 1 aromatic carbocycles. The maximum Gasteiger partial charge on any atom is 0.257 e. The Morgan fingerprint density at radius 3 is 2.65 bits per heavy atom. The molecule has 5 rings (SSSR count). The maximum absolute atomic E-state index is 13.4. The molecule has 34 heavy (non-hydrogen) atoms. The Balaban J connectivity index is 1.49. The number of fused-ring (bicyclic) bond motifs is 1. The third kappa shape index (κ3) is 4.89. The molecule has 0 spiro atoms. The number of rotatable bonds is 5. The van der Waals surface area contributed by atoms with Gasteiger partial charge >= 0.3 is 0 Å². The Kier molecular flexibility index (Phi) is 6.72. The smallest absolute Gasteiger partial charge is 0.257 e. The van der Waals surface area contributed by atoms with Crippen LogP contribution in [0, 0.1) is 5.41 Å². The van der Waals surface area contributed by atoms with E-state index in [1.807, 2.05) is 24.3 Å². The molecule has 180 valence electrons. The van der Waals surface area contributed by atoms with Gasteiger partial charge in [-0.05, 0) is 29.5 Å². The molecule has 7 nitrogen and oxygen atoms in total. The predicted molar refractivity (Wildman–Crippen MR) is 137 cm³/mol. The van der Waals surface area contributed by atoms with E-state index >= 15 is 0 Å². The number of carbonyl (C=O) groups excluding carboxylic acids is 1. The summed E-state index contributed by atoms with van der Waals surface area (Å²) in [6.07, 6.45) is 1.21. The number of hydrogen-bond acceptors (Lipinski definition) is 7. The van der Waals surface area contributed by atoms with Crippen LogP contribution in [-0.4, -0.2) is 59.3 Å². The summed E-state index contributed by atoms with van der Waals surface area (Å²) in [4.78, 5) is 36.9. The van der Waals surface area contributed by atoms with Crippen LogP contribution in [0.25, 0.3) is 0 Å². The second kappa shape index (κ2) is 9.60. The van der Waals surface area contributed by atoms with Gasteiger partial charge in [0.25, 0.3) is 5.56 Å². The molecule has 0 bridgehead atoms. The average molecular weight is 546 g/mol. The molecule has 2 N–H and O–H groups in total. The summed E-state index contributed by atoms with van der Waals surface area (Å²) < 4.78 is 6.37. The van der Waals surface area contributed by atoms with E-state index in [9.17, 15) is 9.59 Å². The molecule has 0 amide bonds. The van der Waals surface area contributed by atoms with Gasteiger partial charge in [-0.15, -0.1) is 0 Å². The summed E-state index contributed by atoms with van der Waals surface area (Å²) in [6, 6.07) is 7.86. The topological polar surface area (TPSA) is 87.3 Å². The zero-order chi connectivity index (χ0) is 23.9. The Labute approximate surface area is 211 Å². The molecular formula is C25H29BrN4O3S. The van der Waals surface area contributed by atoms with Gasteiger partial charge in [-0.3, -0.25) is 14.5 Å². The number of thioether (sulfide) groups is 1. The number of aromatic nitrogens is 2. The van der Waals surface area contributed by atoms with Crippen molar-refractivity contribution in [2.45, 2.75) is 37.8 Å². The third-order valence-corrected chi connectivity index (χ3v) is 8.04. The Morgan fingerprint density at radius 2 is 1.91 bits per heavy atom. The van der Waals surface area contributed by atoms with Crippen LogP contribution in [0.5, 0.6) is 0 Å². The lowest BCUT2D eigenvalue weighted by Crippen LogP contribution is -2.37. The van der Waals surface area contributed by atoms with Crippen molar-refractivity contribution in [3.63, 3.8) is 0 Å². The highest BCUT2D eigenvalue weighted by atomic mass is 79.9. The Bertz CT molecular complexity index is 1190. The molecule has 3 aliphatic rings. The summed E-state index contributed by atoms with van der Waals surface area (Å²) in [6.45, 7) is 8.55. The number of hydrogen-bond donors (Lipinski definition) is 2. The van der Waals surface area contributed by atoms with Gasteiger partial charge in [-0.25, -0.2) is 4.98 Å². The molecule has 1 aromatic heterocycles. The lowest BCUT2D eigenvalue weighted by Gasteiger charge is -2.38. The summed E-state index contributed by atoms with van der Waals surface area (Å²) in [7, 11) is 0. The number of benzene rings is 1. The number of nitrogens with zero attached hydrogens (tertiary/aromatic N) is 2. The third-order valence-electron chi connectivity index (χ3n) is 6.65. The first-order chi connectivity index (χ1) is 16.3. The van der Waals surface area contributed by atoms with Crippen molar-refractivity contribution >= 4 is 39.3 Å². The van der Waals surface area contributed by atoms with Crippen LogP contribution < -0.4 is 10.9 Å². The van der Waals surface area contributed by atoms with Crippen molar-refractivity contribution in [3.8, 4) is 0 Å². The summed E-state index contributed by atoms with van der Waals surface area (Å²) >= 11 is 5.04. The van der Waals surface area contributed by atoms with Gasteiger partial charge < -0.3 is 15.0 Å². The minimum Gasteiger partial charge on any atom is -0.379 e. The molecule has 9 heteroatoms. The van der Waals surface area contributed by atoms with Crippen molar-refractivity contribution in [2.24, 2.45) is 5.41 Å². The second-order valence-corrected chi connectivity index (χ2v) is 11.9. The van der Waals surface area contributed by atoms with Crippen molar-refractivity contribution in [2.75, 3.05) is 43.9 Å². The first kappa shape index (κ1) is 23.8. The minimum absolute atomic E-state index is 0.0979. The molecule has 1 aliphatic carbocycles. The first-order valence-corrected chi connectivity index (χ1v) is 13.4. The number of nitrogens with one attached hydrogen (secondary N) is 2. The summed E-state index contributed by atoms with van der Waals surface area (Å²) in [5.41, 5.74) is 2.71. The molecule has 0 radical (unpaired) electrons. The molecule has 2 aromatic rings. The lowest BCUT2D eigenvalue weighted by atomic mass is 9.69. The fraction of sp³-hybridized carbons (Fsp3) is 0.480. The van der Waals surface area contributed by atoms with Gasteiger partial charge in [0, 0.05) is 53.5 Å². The fourth-order valence-electron chi connectivity index (χ4n) is 5.05. The highest BCUT2D eigenvalue weighted by Crippen LogP contribution is 2.47. The number of halogens is 1. The van der Waals surface area contributed by atoms with Crippen LogP contribution in [0.2, 0.25) is 0 Å². The zero-order valence-electron chi connectivity index (χ0n) is 19.4. The SMILES string of the molecule is CC1(C)CC(=O)C2=C(C1)Nc1nc(SCCN3CCOCC3)[nH]c(=O)c1C2c1ccc(Br)cc1. The molecule has 1 fully saturated rings. The van der Waals surface area contributed by atoms with E-state index in [1.54, 1.807) is 11.8 Å². The molecule has 3 heterocycles. The number of morpholine rings is 1. The number of ketones is 1.